The van der Waals surface area contributed by atoms with Crippen LogP contribution in [0.1, 0.15) is 42.7 Å². The standard InChI is InChI=1S/C15H20N2O/c18-15-14(2-1-9-16-15)17-10-11-3-5-12(6-4-11)13-7-8-13/h3-6,13-14,17H,1-2,7-10H2,(H,16,18). The molecule has 3 nitrogen and oxygen atoms in total. The van der Waals surface area contributed by atoms with Gasteiger partial charge in [0.2, 0.25) is 5.91 Å². The van der Waals surface area contributed by atoms with Crippen LogP contribution in [0.5, 0.6) is 0 Å². The number of carbonyl (C=O) groups is 1. The second kappa shape index (κ2) is 5.11. The van der Waals surface area contributed by atoms with Gasteiger partial charge in [-0.25, -0.2) is 0 Å². The van der Waals surface area contributed by atoms with Crippen LogP contribution in [0, 0.1) is 0 Å². The molecule has 3 heteroatoms. The molecule has 0 radical (unpaired) electrons. The first-order chi connectivity index (χ1) is 8.83. The minimum absolute atomic E-state index is 0.0122. The van der Waals surface area contributed by atoms with Crippen LogP contribution in [0.15, 0.2) is 24.3 Å². The Labute approximate surface area is 108 Å². The van der Waals surface area contributed by atoms with Crippen molar-refractivity contribution in [2.45, 2.75) is 44.2 Å². The van der Waals surface area contributed by atoms with Gasteiger partial charge in [-0.3, -0.25) is 4.79 Å². The van der Waals surface area contributed by atoms with E-state index in [9.17, 15) is 4.79 Å². The summed E-state index contributed by atoms with van der Waals surface area (Å²) in [6, 6.07) is 8.82. The molecule has 1 atom stereocenters. The predicted molar refractivity (Wildman–Crippen MR) is 71.3 cm³/mol. The Morgan fingerprint density at radius 1 is 1.17 bits per heavy atom. The van der Waals surface area contributed by atoms with Crippen molar-refractivity contribution in [3.8, 4) is 0 Å². The van der Waals surface area contributed by atoms with Crippen molar-refractivity contribution in [1.82, 2.24) is 10.6 Å². The Bertz CT molecular complexity index is 423. The van der Waals surface area contributed by atoms with E-state index in [-0.39, 0.29) is 11.9 Å². The van der Waals surface area contributed by atoms with Crippen LogP contribution in [0.2, 0.25) is 0 Å². The molecule has 0 spiro atoms. The van der Waals surface area contributed by atoms with Crippen molar-refractivity contribution in [2.75, 3.05) is 6.54 Å². The van der Waals surface area contributed by atoms with Gasteiger partial charge < -0.3 is 10.6 Å². The maximum absolute atomic E-state index is 11.6. The van der Waals surface area contributed by atoms with E-state index in [4.69, 9.17) is 0 Å². The number of piperidine rings is 1. The van der Waals surface area contributed by atoms with Gasteiger partial charge in [0.05, 0.1) is 6.04 Å². The second-order valence-corrected chi connectivity index (χ2v) is 5.38. The molecule has 1 heterocycles. The van der Waals surface area contributed by atoms with Gasteiger partial charge in [0.25, 0.3) is 0 Å². The van der Waals surface area contributed by atoms with Crippen LogP contribution >= 0.6 is 0 Å². The van der Waals surface area contributed by atoms with Crippen molar-refractivity contribution in [3.63, 3.8) is 0 Å². The molecule has 1 aliphatic carbocycles. The van der Waals surface area contributed by atoms with Gasteiger partial charge in [0.15, 0.2) is 0 Å². The largest absolute Gasteiger partial charge is 0.355 e. The Hall–Kier alpha value is -1.35. The fourth-order valence-corrected chi connectivity index (χ4v) is 2.53. The molecule has 1 saturated carbocycles. The second-order valence-electron chi connectivity index (χ2n) is 5.38. The molecular weight excluding hydrogens is 224 g/mol. The molecule has 2 N–H and O–H groups in total. The molecule has 2 fully saturated rings. The zero-order chi connectivity index (χ0) is 12.4. The van der Waals surface area contributed by atoms with Crippen LogP contribution in [0.3, 0.4) is 0 Å². The van der Waals surface area contributed by atoms with E-state index in [1.165, 1.54) is 24.0 Å². The molecule has 0 aromatic heterocycles. The van der Waals surface area contributed by atoms with Crippen LogP contribution in [-0.2, 0) is 11.3 Å². The maximum atomic E-state index is 11.6. The van der Waals surface area contributed by atoms with Gasteiger partial charge in [0.1, 0.15) is 0 Å². The summed E-state index contributed by atoms with van der Waals surface area (Å²) in [5, 5.41) is 6.24. The molecule has 2 aliphatic rings. The van der Waals surface area contributed by atoms with Gasteiger partial charge >= 0.3 is 0 Å². The quantitative estimate of drug-likeness (QED) is 0.849. The molecule has 18 heavy (non-hydrogen) atoms. The van der Waals surface area contributed by atoms with Crippen molar-refractivity contribution in [1.29, 1.82) is 0 Å². The van der Waals surface area contributed by atoms with Gasteiger partial charge in [-0.15, -0.1) is 0 Å². The lowest BCUT2D eigenvalue weighted by Gasteiger charge is -2.22. The van der Waals surface area contributed by atoms with Gasteiger partial charge in [-0.2, -0.15) is 0 Å². The molecule has 1 aromatic rings. The highest BCUT2D eigenvalue weighted by atomic mass is 16.2. The lowest BCUT2D eigenvalue weighted by atomic mass is 10.1. The molecular formula is C15H20N2O. The average molecular weight is 244 g/mol. The van der Waals surface area contributed by atoms with Crippen molar-refractivity contribution in [2.24, 2.45) is 0 Å². The zero-order valence-corrected chi connectivity index (χ0v) is 10.6. The molecule has 96 valence electrons. The smallest absolute Gasteiger partial charge is 0.237 e. The van der Waals surface area contributed by atoms with Gasteiger partial charge in [-0.05, 0) is 42.7 Å². The zero-order valence-electron chi connectivity index (χ0n) is 10.6. The number of hydrogen-bond donors (Lipinski definition) is 2. The highest BCUT2D eigenvalue weighted by Gasteiger charge is 2.23. The van der Waals surface area contributed by atoms with E-state index in [0.717, 1.165) is 31.8 Å². The molecule has 0 bridgehead atoms. The Morgan fingerprint density at radius 3 is 2.61 bits per heavy atom. The first-order valence-electron chi connectivity index (χ1n) is 6.93. The number of amides is 1. The minimum Gasteiger partial charge on any atom is -0.355 e. The summed E-state index contributed by atoms with van der Waals surface area (Å²) in [5.74, 6) is 0.965. The minimum atomic E-state index is -0.0122. The van der Waals surface area contributed by atoms with E-state index >= 15 is 0 Å². The number of nitrogens with one attached hydrogen (secondary N) is 2. The van der Waals surface area contributed by atoms with E-state index in [1.807, 2.05) is 0 Å². The Kier molecular flexibility index (Phi) is 3.33. The maximum Gasteiger partial charge on any atom is 0.237 e. The van der Waals surface area contributed by atoms with Crippen LogP contribution in [0.4, 0.5) is 0 Å². The first-order valence-corrected chi connectivity index (χ1v) is 6.93. The third-order valence-electron chi connectivity index (χ3n) is 3.87. The summed E-state index contributed by atoms with van der Waals surface area (Å²) in [4.78, 5) is 11.6. The third kappa shape index (κ3) is 2.72. The summed E-state index contributed by atoms with van der Waals surface area (Å²) < 4.78 is 0. The van der Waals surface area contributed by atoms with E-state index in [0.29, 0.717) is 0 Å². The van der Waals surface area contributed by atoms with Gasteiger partial charge in [-0.1, -0.05) is 24.3 Å². The normalized spacial score (nSPS) is 23.8. The molecule has 1 unspecified atom stereocenters. The van der Waals surface area contributed by atoms with Crippen LogP contribution in [-0.4, -0.2) is 18.5 Å². The highest BCUT2D eigenvalue weighted by molar-refractivity contribution is 5.82. The fraction of sp³-hybridized carbons (Fsp3) is 0.533. The number of hydrogen-bond acceptors (Lipinski definition) is 2. The van der Waals surface area contributed by atoms with E-state index in [1.54, 1.807) is 0 Å². The Balaban J connectivity index is 1.54. The van der Waals surface area contributed by atoms with Crippen molar-refractivity contribution < 1.29 is 4.79 Å². The average Bonchev–Trinajstić information content (AvgIpc) is 3.23. The topological polar surface area (TPSA) is 41.1 Å². The first kappa shape index (κ1) is 11.7. The van der Waals surface area contributed by atoms with E-state index in [2.05, 4.69) is 34.9 Å². The fourth-order valence-electron chi connectivity index (χ4n) is 2.53. The van der Waals surface area contributed by atoms with Crippen LogP contribution < -0.4 is 10.6 Å². The molecule has 3 rings (SSSR count). The van der Waals surface area contributed by atoms with Crippen LogP contribution in [0.25, 0.3) is 0 Å². The third-order valence-corrected chi connectivity index (χ3v) is 3.87. The summed E-state index contributed by atoms with van der Waals surface area (Å²) >= 11 is 0. The molecule has 1 aliphatic heterocycles. The summed E-state index contributed by atoms with van der Waals surface area (Å²) in [5.41, 5.74) is 2.73. The van der Waals surface area contributed by atoms with Crippen molar-refractivity contribution in [3.05, 3.63) is 35.4 Å². The van der Waals surface area contributed by atoms with Crippen molar-refractivity contribution >= 4 is 5.91 Å². The number of benzene rings is 1. The summed E-state index contributed by atoms with van der Waals surface area (Å²) in [6.07, 6.45) is 4.72. The Morgan fingerprint density at radius 2 is 1.94 bits per heavy atom. The SMILES string of the molecule is O=C1NCCCC1NCc1ccc(C2CC2)cc1. The number of rotatable bonds is 4. The molecule has 1 aromatic carbocycles. The summed E-state index contributed by atoms with van der Waals surface area (Å²) in [7, 11) is 0. The molecule has 1 saturated heterocycles. The lowest BCUT2D eigenvalue weighted by Crippen LogP contribution is -2.47. The predicted octanol–water partition coefficient (Wildman–Crippen LogP) is 1.93. The van der Waals surface area contributed by atoms with E-state index < -0.39 is 0 Å². The van der Waals surface area contributed by atoms with Gasteiger partial charge in [0, 0.05) is 13.1 Å². The number of carbonyl (C=O) groups excluding carboxylic acids is 1. The summed E-state index contributed by atoms with van der Waals surface area (Å²) in [6.45, 7) is 1.61. The molecule has 1 amide bonds. The lowest BCUT2D eigenvalue weighted by molar-refractivity contribution is -0.124. The highest BCUT2D eigenvalue weighted by Crippen LogP contribution is 2.39. The monoisotopic (exact) mass is 244 g/mol.